The first-order valence-corrected chi connectivity index (χ1v) is 9.84. The molecule has 0 aliphatic heterocycles. The Balaban J connectivity index is 1.70. The van der Waals surface area contributed by atoms with Crippen molar-refractivity contribution in [2.75, 3.05) is 7.11 Å². The van der Waals surface area contributed by atoms with Crippen LogP contribution in [-0.2, 0) is 17.9 Å². The smallest absolute Gasteiger partial charge is 0.261 e. The van der Waals surface area contributed by atoms with Gasteiger partial charge in [-0.2, -0.15) is 5.10 Å². The summed E-state index contributed by atoms with van der Waals surface area (Å²) in [6.07, 6.45) is 3.35. The summed E-state index contributed by atoms with van der Waals surface area (Å²) in [5.74, 6) is -0.314. The normalized spacial score (nSPS) is 11.4. The van der Waals surface area contributed by atoms with Gasteiger partial charge in [-0.3, -0.25) is 4.79 Å². The van der Waals surface area contributed by atoms with E-state index < -0.39 is 0 Å². The molecule has 0 spiro atoms. The van der Waals surface area contributed by atoms with E-state index >= 15 is 0 Å². The van der Waals surface area contributed by atoms with E-state index in [1.165, 1.54) is 12.1 Å². The molecule has 5 aromatic rings. The van der Waals surface area contributed by atoms with Gasteiger partial charge in [0.15, 0.2) is 5.65 Å². The number of fused-ring (bicyclic) bond motifs is 3. The van der Waals surface area contributed by atoms with Crippen LogP contribution in [0.25, 0.3) is 27.7 Å². The fraction of sp³-hybridized carbons (Fsp3) is 0.125. The van der Waals surface area contributed by atoms with Crippen molar-refractivity contribution in [2.24, 2.45) is 0 Å². The molecule has 0 radical (unpaired) electrons. The maximum Gasteiger partial charge on any atom is 0.261 e. The lowest BCUT2D eigenvalue weighted by atomic mass is 10.1. The van der Waals surface area contributed by atoms with Gasteiger partial charge in [-0.05, 0) is 29.3 Å². The Bertz CT molecular complexity index is 1440. The molecule has 154 valence electrons. The van der Waals surface area contributed by atoms with Crippen LogP contribution in [0.5, 0.6) is 0 Å². The fourth-order valence-corrected chi connectivity index (χ4v) is 3.81. The molecule has 0 unspecified atom stereocenters. The molecule has 0 bridgehead atoms. The number of nitrogens with zero attached hydrogens (tertiary/aromatic N) is 4. The average Bonchev–Trinajstić information content (AvgIpc) is 3.15. The zero-order valence-corrected chi connectivity index (χ0v) is 16.8. The minimum Gasteiger partial charge on any atom is -0.378 e. The summed E-state index contributed by atoms with van der Waals surface area (Å²) >= 11 is 0. The lowest BCUT2D eigenvalue weighted by Gasteiger charge is -2.08. The summed E-state index contributed by atoms with van der Waals surface area (Å²) in [4.78, 5) is 17.7. The van der Waals surface area contributed by atoms with Crippen molar-refractivity contribution in [3.05, 3.63) is 100 Å². The number of pyridine rings is 1. The van der Waals surface area contributed by atoms with Gasteiger partial charge in [-0.25, -0.2) is 13.9 Å². The molecule has 3 heterocycles. The van der Waals surface area contributed by atoms with E-state index in [9.17, 15) is 9.18 Å². The Morgan fingerprint density at radius 3 is 2.55 bits per heavy atom. The molecule has 2 aromatic carbocycles. The maximum absolute atomic E-state index is 13.4. The van der Waals surface area contributed by atoms with Crippen molar-refractivity contribution in [2.45, 2.75) is 13.2 Å². The van der Waals surface area contributed by atoms with Crippen LogP contribution >= 0.6 is 0 Å². The summed E-state index contributed by atoms with van der Waals surface area (Å²) in [6.45, 7) is 0.741. The van der Waals surface area contributed by atoms with Crippen LogP contribution < -0.4 is 5.56 Å². The van der Waals surface area contributed by atoms with Gasteiger partial charge in [-0.1, -0.05) is 42.5 Å². The Labute approximate surface area is 177 Å². The Hall–Kier alpha value is -3.84. The number of methoxy groups -OCH3 is 1. The second-order valence-corrected chi connectivity index (χ2v) is 7.29. The molecule has 0 fully saturated rings. The first-order valence-electron chi connectivity index (χ1n) is 9.84. The van der Waals surface area contributed by atoms with Crippen molar-refractivity contribution >= 4 is 16.6 Å². The van der Waals surface area contributed by atoms with Crippen LogP contribution in [0.3, 0.4) is 0 Å². The van der Waals surface area contributed by atoms with Gasteiger partial charge in [0.05, 0.1) is 35.3 Å². The highest BCUT2D eigenvalue weighted by molar-refractivity contribution is 5.86. The topological polar surface area (TPSA) is 61.4 Å². The van der Waals surface area contributed by atoms with Crippen LogP contribution in [0.4, 0.5) is 4.39 Å². The third-order valence-electron chi connectivity index (χ3n) is 5.27. The number of ether oxygens (including phenoxy) is 1. The van der Waals surface area contributed by atoms with Gasteiger partial charge in [-0.15, -0.1) is 0 Å². The average molecular weight is 414 g/mol. The molecule has 0 N–H and O–H groups in total. The highest BCUT2D eigenvalue weighted by Gasteiger charge is 2.18. The van der Waals surface area contributed by atoms with Crippen LogP contribution in [0.15, 0.2) is 77.9 Å². The van der Waals surface area contributed by atoms with E-state index in [2.05, 4.69) is 10.1 Å². The molecule has 0 saturated heterocycles. The lowest BCUT2D eigenvalue weighted by Crippen LogP contribution is -2.21. The molecular weight excluding hydrogens is 395 g/mol. The number of hydrogen-bond donors (Lipinski definition) is 0. The quantitative estimate of drug-likeness (QED) is 0.435. The van der Waals surface area contributed by atoms with E-state index in [-0.39, 0.29) is 18.0 Å². The maximum atomic E-state index is 13.4. The fourth-order valence-electron chi connectivity index (χ4n) is 3.81. The van der Waals surface area contributed by atoms with E-state index in [0.29, 0.717) is 28.8 Å². The molecule has 0 atom stereocenters. The van der Waals surface area contributed by atoms with Gasteiger partial charge < -0.3 is 9.30 Å². The van der Waals surface area contributed by atoms with E-state index in [0.717, 1.165) is 16.7 Å². The summed E-state index contributed by atoms with van der Waals surface area (Å²) < 4.78 is 22.1. The minimum absolute atomic E-state index is 0.136. The van der Waals surface area contributed by atoms with Gasteiger partial charge in [0.1, 0.15) is 5.82 Å². The summed E-state index contributed by atoms with van der Waals surface area (Å²) in [5.41, 5.74) is 4.37. The van der Waals surface area contributed by atoms with Gasteiger partial charge in [0.2, 0.25) is 0 Å². The molecule has 0 saturated carbocycles. The molecule has 0 amide bonds. The summed E-state index contributed by atoms with van der Waals surface area (Å²) in [7, 11) is 1.59. The number of aromatic nitrogens is 4. The second kappa shape index (κ2) is 7.77. The van der Waals surface area contributed by atoms with Crippen molar-refractivity contribution < 1.29 is 9.13 Å². The van der Waals surface area contributed by atoms with Crippen LogP contribution in [-0.4, -0.2) is 26.3 Å². The third kappa shape index (κ3) is 3.39. The highest BCUT2D eigenvalue weighted by atomic mass is 19.1. The Kier molecular flexibility index (Phi) is 4.80. The zero-order chi connectivity index (χ0) is 21.4. The Morgan fingerprint density at radius 2 is 1.81 bits per heavy atom. The van der Waals surface area contributed by atoms with Gasteiger partial charge >= 0.3 is 0 Å². The van der Waals surface area contributed by atoms with Crippen molar-refractivity contribution in [3.8, 4) is 11.1 Å². The number of benzene rings is 2. The van der Waals surface area contributed by atoms with Crippen LogP contribution in [0.2, 0.25) is 0 Å². The number of rotatable bonds is 5. The van der Waals surface area contributed by atoms with Crippen LogP contribution in [0.1, 0.15) is 11.3 Å². The molecule has 6 nitrogen and oxygen atoms in total. The molecule has 5 rings (SSSR count). The highest BCUT2D eigenvalue weighted by Crippen LogP contribution is 2.29. The SMILES string of the molecule is COCc1nn2c(ncc3c(=O)n(Cc4ccccc4)ccc32)c1-c1ccc(F)cc1. The van der Waals surface area contributed by atoms with E-state index in [1.54, 1.807) is 40.7 Å². The van der Waals surface area contributed by atoms with E-state index in [4.69, 9.17) is 4.74 Å². The molecule has 7 heteroatoms. The minimum atomic E-state index is -0.314. The van der Waals surface area contributed by atoms with Gasteiger partial charge in [0.25, 0.3) is 5.56 Å². The summed E-state index contributed by atoms with van der Waals surface area (Å²) in [6, 6.07) is 17.9. The molecule has 0 aliphatic carbocycles. The van der Waals surface area contributed by atoms with Gasteiger partial charge in [0, 0.05) is 19.5 Å². The third-order valence-corrected chi connectivity index (χ3v) is 5.27. The molecule has 31 heavy (non-hydrogen) atoms. The predicted molar refractivity (Wildman–Crippen MR) is 116 cm³/mol. The summed E-state index contributed by atoms with van der Waals surface area (Å²) in [5, 5.41) is 5.15. The van der Waals surface area contributed by atoms with Crippen molar-refractivity contribution in [3.63, 3.8) is 0 Å². The number of hydrogen-bond acceptors (Lipinski definition) is 4. The predicted octanol–water partition coefficient (Wildman–Crippen LogP) is 4.05. The Morgan fingerprint density at radius 1 is 1.03 bits per heavy atom. The second-order valence-electron chi connectivity index (χ2n) is 7.29. The lowest BCUT2D eigenvalue weighted by molar-refractivity contribution is 0.181. The van der Waals surface area contributed by atoms with Crippen molar-refractivity contribution in [1.29, 1.82) is 0 Å². The van der Waals surface area contributed by atoms with Crippen molar-refractivity contribution in [1.82, 2.24) is 19.2 Å². The zero-order valence-electron chi connectivity index (χ0n) is 16.8. The molecule has 3 aromatic heterocycles. The number of halogens is 1. The van der Waals surface area contributed by atoms with E-state index in [1.807, 2.05) is 36.4 Å². The first kappa shape index (κ1) is 19.1. The monoisotopic (exact) mass is 414 g/mol. The molecule has 0 aliphatic rings. The largest absolute Gasteiger partial charge is 0.378 e. The standard InChI is InChI=1S/C24H19FN4O2/c1-31-15-20-22(17-7-9-18(25)10-8-17)23-26-13-19-21(29(23)27-20)11-12-28(24(19)30)14-16-5-3-2-4-6-16/h2-13H,14-15H2,1H3. The molecular formula is C24H19FN4O2. The van der Waals surface area contributed by atoms with Crippen LogP contribution in [0, 0.1) is 5.82 Å². The first-order chi connectivity index (χ1) is 15.2.